The van der Waals surface area contributed by atoms with Crippen LogP contribution in [0.5, 0.6) is 17.2 Å². The molecule has 1 atom stereocenters. The molecule has 48 heteroatoms. The van der Waals surface area contributed by atoms with Crippen molar-refractivity contribution in [1.82, 2.24) is 19.9 Å². The van der Waals surface area contributed by atoms with Gasteiger partial charge in [0.15, 0.2) is 11.4 Å². The minimum Gasteiger partial charge on any atom is -1.00 e. The Morgan fingerprint density at radius 3 is 1.28 bits per heavy atom. The number of anilines is 2. The quantitative estimate of drug-likeness (QED) is 0.00217. The van der Waals surface area contributed by atoms with Crippen molar-refractivity contribution < 1.29 is 220 Å². The topological polar surface area (TPSA) is 376 Å². The number of aliphatic hydroxyl groups excluding tert-OH is 1. The minimum absolute atomic E-state index is 0. The maximum atomic E-state index is 13.7. The average Bonchev–Trinajstić information content (AvgIpc) is 0.779. The summed E-state index contributed by atoms with van der Waals surface area (Å²) in [5.41, 5.74) is -0.794. The van der Waals surface area contributed by atoms with E-state index in [4.69, 9.17) is 59.6 Å². The number of hydrogen-bond donors (Lipinski definition) is 6. The van der Waals surface area contributed by atoms with Crippen molar-refractivity contribution in [2.75, 3.05) is 77.2 Å². The number of carboxylic acids is 1. The third-order valence-electron chi connectivity index (χ3n) is 12.0. The fourth-order valence-corrected chi connectivity index (χ4v) is 7.23. The van der Waals surface area contributed by atoms with Gasteiger partial charge in [-0.2, -0.15) is 70.2 Å². The number of alkyl halides is 15. The first kappa shape index (κ1) is 120. The van der Waals surface area contributed by atoms with Crippen LogP contribution in [-0.4, -0.2) is 174 Å². The number of rotatable bonds is 33. The van der Waals surface area contributed by atoms with Crippen LogP contribution in [0, 0.1) is 0 Å². The molecule has 3 aromatic carbocycles. The molecule has 664 valence electrons. The van der Waals surface area contributed by atoms with Crippen molar-refractivity contribution in [3.05, 3.63) is 187 Å². The second-order valence-corrected chi connectivity index (χ2v) is 21.4. The van der Waals surface area contributed by atoms with Gasteiger partial charge in [-0.1, -0.05) is 60.7 Å². The number of H-pyrrole nitrogens is 2. The van der Waals surface area contributed by atoms with Gasteiger partial charge in [0.25, 0.3) is 28.7 Å². The summed E-state index contributed by atoms with van der Waals surface area (Å²) in [6.07, 6.45) is -7.96. The van der Waals surface area contributed by atoms with E-state index in [1.807, 2.05) is 0 Å². The molecule has 2 aromatic heterocycles. The van der Waals surface area contributed by atoms with E-state index in [0.29, 0.717) is 39.7 Å². The van der Waals surface area contributed by atoms with E-state index in [1.165, 1.54) is 72.3 Å². The third kappa shape index (κ3) is 44.2. The molecule has 27 nitrogen and oxygen atoms in total. The molecule has 5 rings (SSSR count). The van der Waals surface area contributed by atoms with Crippen LogP contribution in [0.3, 0.4) is 0 Å². The van der Waals surface area contributed by atoms with Gasteiger partial charge in [-0.3, -0.25) is 38.3 Å². The fraction of sp³-hybridized carbons (Fsp3) is 0.352. The second-order valence-electron chi connectivity index (χ2n) is 20.5. The minimum atomic E-state index is -5.13. The Bertz CT molecular complexity index is 4300. The van der Waals surface area contributed by atoms with E-state index in [2.05, 4.69) is 104 Å². The zero-order valence-corrected chi connectivity index (χ0v) is 69.5. The number of aromatic amines is 2. The maximum Gasteiger partial charge on any atom is 1.00 e. The number of ether oxygens (including phenoxy) is 9. The van der Waals surface area contributed by atoms with E-state index in [-0.39, 0.29) is 110 Å². The van der Waals surface area contributed by atoms with Crippen LogP contribution in [0.25, 0.3) is 22.1 Å². The number of nitrogens with zero attached hydrogens (tertiary/aromatic N) is 2. The summed E-state index contributed by atoms with van der Waals surface area (Å²) < 4.78 is 240. The van der Waals surface area contributed by atoms with Crippen LogP contribution in [0.2, 0.25) is 0 Å². The summed E-state index contributed by atoms with van der Waals surface area (Å²) in [5.74, 6) is -28.3. The SMILES string of the molecule is C=CCC(F)(F)C(=O)C(=O)O.C=CCC(F)(F)C(=O)C(=O)OCC.C=CCC(F)(F)c1nc2cc(OC)ccc2[nH]c1=O.C=CCC(F)(F)c1nc2ccc(OC)cc2[nH]c1=O.C=CCO.C=CCOC(C(=O)OCC)=C(F)F.C=CCOC(Cl)(C(=O)OCC)C(F)(F)F.CCOC(=O)C(=O)C(F)(F)F.COc1ccc(NCl)c(NCl)c1.F.[H-].[HH].[K+]. The number of aliphatic carboxylic acids is 1. The third-order valence-corrected chi connectivity index (χ3v) is 12.9. The van der Waals surface area contributed by atoms with Gasteiger partial charge in [0.1, 0.15) is 23.9 Å². The largest absolute Gasteiger partial charge is 1.00 e. The molecule has 2 heterocycles. The standard InChI is InChI=1S/2C13H12F2N2O2.C8H10ClF3O3.2C8H10F2O3.C7H8Cl2N2O.C6H6F2O3.C5H5F3O3.C3H6O.FH.K.H2.H/c1-3-6-13(14,15)11-12(18)17-9-5-4-8(19-2)7-10(9)16-11;1-3-6-13(14,15)11-12(18)17-10-7-8(19-2)4-5-9(10)16-11;1-3-5-15-7(9,8(10,11)12)6(13)14-4-2;1-3-5-13-6(7(9)10)8(11)12-4-2;1-3-5-8(9,10)6(11)7(12)13-4-2;1-12-5-2-3-6(10-8)7(4-5)11-9;1-2-3-6(7,8)4(9)5(10)11;1-2-11-4(10)3(9)5(6,7)8;1-2-3-4;;;;/h2*3-5,7H,1,6H2,2H3,(H,17,18);3H,1,4-5H2,2H3;2*3H,1,4-5H2,2H3;2-4,10-11H,1H3;2H,1,3H2,(H,10,11);2H2,1H3;2,4H,1,3H2;1H;;1H;/q;;;;;;;;;;+1;;-1. The fourth-order valence-electron chi connectivity index (χ4n) is 6.79. The van der Waals surface area contributed by atoms with Gasteiger partial charge in [-0.05, 0) is 64.1 Å². The van der Waals surface area contributed by atoms with Crippen LogP contribution in [0.15, 0.2) is 165 Å². The van der Waals surface area contributed by atoms with E-state index in [0.717, 1.165) is 30.4 Å². The Kier molecular flexibility index (Phi) is 61.2. The molecule has 5 aromatic rings. The Morgan fingerprint density at radius 2 is 0.899 bits per heavy atom. The molecule has 0 aliphatic heterocycles. The number of methoxy groups -OCH3 is 3. The number of hydrogen-bond acceptors (Lipinski definition) is 24. The number of fused-ring (bicyclic) bond motifs is 2. The Morgan fingerprint density at radius 1 is 0.513 bits per heavy atom. The first-order valence-corrected chi connectivity index (χ1v) is 33.2. The molecule has 0 bridgehead atoms. The summed E-state index contributed by atoms with van der Waals surface area (Å²) in [7, 11) is 4.51. The van der Waals surface area contributed by atoms with Crippen molar-refractivity contribution >= 4 is 116 Å². The number of halogens is 20. The van der Waals surface area contributed by atoms with Crippen LogP contribution < -0.4 is 86.4 Å². The number of nitrogens with one attached hydrogen (secondary N) is 4. The molecule has 119 heavy (non-hydrogen) atoms. The number of Topliss-reactive ketones (excluding diaryl/α,β-unsaturated/α-hetero) is 3. The van der Waals surface area contributed by atoms with Crippen molar-refractivity contribution in [3.8, 4) is 17.2 Å². The molecular weight excluding hydrogens is 1740 g/mol. The number of allylic oxidation sites excluding steroid dienone is 4. The molecule has 0 spiro atoms. The molecule has 0 radical (unpaired) electrons. The van der Waals surface area contributed by atoms with E-state index >= 15 is 0 Å². The summed E-state index contributed by atoms with van der Waals surface area (Å²) in [5, 5.41) is 12.2. The van der Waals surface area contributed by atoms with Crippen LogP contribution in [0.4, 0.5) is 86.3 Å². The van der Waals surface area contributed by atoms with E-state index < -0.39 is 155 Å². The summed E-state index contributed by atoms with van der Waals surface area (Å²) in [4.78, 5) is 124. The molecule has 0 fully saturated rings. The van der Waals surface area contributed by atoms with Gasteiger partial charge in [0.05, 0.1) is 94.4 Å². The van der Waals surface area contributed by atoms with Crippen molar-refractivity contribution in [2.45, 2.75) is 94.5 Å². The van der Waals surface area contributed by atoms with E-state index in [1.54, 1.807) is 43.5 Å². The monoisotopic (exact) mass is 1820 g/mol. The smallest absolute Gasteiger partial charge is 1.00 e. The number of esters is 4. The maximum absolute atomic E-state index is 13.7. The molecular formula is C71H83Cl3F17KN6O21. The molecule has 0 aliphatic carbocycles. The van der Waals surface area contributed by atoms with Crippen LogP contribution in [0.1, 0.15) is 67.6 Å². The zero-order valence-electron chi connectivity index (χ0n) is 65.1. The van der Waals surface area contributed by atoms with Crippen molar-refractivity contribution in [2.24, 2.45) is 0 Å². The van der Waals surface area contributed by atoms with Gasteiger partial charge < -0.3 is 64.2 Å². The van der Waals surface area contributed by atoms with E-state index in [9.17, 15) is 118 Å². The van der Waals surface area contributed by atoms with Crippen molar-refractivity contribution in [1.29, 1.82) is 0 Å². The molecule has 0 amide bonds. The number of carboxylic acid groups (broad SMARTS) is 1. The number of aromatic nitrogens is 4. The first-order valence-electron chi connectivity index (χ1n) is 32.0. The van der Waals surface area contributed by atoms with Crippen molar-refractivity contribution in [3.63, 3.8) is 0 Å². The predicted octanol–water partition coefficient (Wildman–Crippen LogP) is 12.7. The van der Waals surface area contributed by atoms with Gasteiger partial charge in [-0.15, -0.1) is 39.5 Å². The number of aliphatic hydroxyl groups is 1. The zero-order chi connectivity index (χ0) is 91.5. The Hall–Kier alpha value is -9.74. The molecule has 6 N–H and O–H groups in total. The van der Waals surface area contributed by atoms with Gasteiger partial charge in [-0.25, -0.2) is 33.9 Å². The number of ketones is 3. The number of benzene rings is 3. The Balaban J connectivity index is -0.000000200. The van der Waals surface area contributed by atoms with Gasteiger partial charge >= 0.3 is 134 Å². The normalized spacial score (nSPS) is 10.9. The Labute approximate surface area is 727 Å². The van der Waals surface area contributed by atoms with Crippen LogP contribution >= 0.6 is 35.2 Å². The first-order chi connectivity index (χ1) is 54.4. The summed E-state index contributed by atoms with van der Waals surface area (Å²) in [6, 6.07) is 14.6. The summed E-state index contributed by atoms with van der Waals surface area (Å²) in [6.45, 7) is 26.6. The van der Waals surface area contributed by atoms with Gasteiger partial charge in [0, 0.05) is 68.9 Å². The predicted molar refractivity (Wildman–Crippen MR) is 401 cm³/mol. The average molecular weight is 1820 g/mol. The second kappa shape index (κ2) is 60.7. The van der Waals surface area contributed by atoms with Crippen LogP contribution in [-0.2, 0) is 78.6 Å². The molecule has 0 saturated heterocycles. The number of carbonyl (C=O) groups excluding carboxylic acids is 7. The van der Waals surface area contributed by atoms with Gasteiger partial charge in [0.2, 0.25) is 0 Å². The molecule has 0 aliphatic rings. The summed E-state index contributed by atoms with van der Waals surface area (Å²) >= 11 is 15.9. The molecule has 1 unspecified atom stereocenters. The number of carbonyl (C=O) groups is 8. The molecule has 0 saturated carbocycles.